The van der Waals surface area contributed by atoms with E-state index in [1.807, 2.05) is 57.1 Å². The lowest BCUT2D eigenvalue weighted by molar-refractivity contribution is -0.181. The van der Waals surface area contributed by atoms with Gasteiger partial charge >= 0.3 is 0 Å². The van der Waals surface area contributed by atoms with Crippen LogP contribution in [-0.4, -0.2) is 84.0 Å². The third-order valence-electron chi connectivity index (χ3n) is 9.05. The number of carbonyl (C=O) groups excluding carboxylic acids is 5. The van der Waals surface area contributed by atoms with E-state index >= 15 is 0 Å². The summed E-state index contributed by atoms with van der Waals surface area (Å²) in [5, 5.41) is 23.3. The number of amides is 1. The SMILES string of the molecule is Cc1cc(C)cc(-c2cc(N(C)C)c3c(c2O)C(=O)C2C(=O)[C@]4(O)C(=O)C(C(N)=O)C(=O)[C@@H](N(C)C)[C@@H]4C[C@@H]2C3)c1. The van der Waals surface area contributed by atoms with Gasteiger partial charge in [-0.05, 0) is 63.9 Å². The number of ketones is 4. The Hall–Kier alpha value is -3.89. The van der Waals surface area contributed by atoms with E-state index in [4.69, 9.17) is 5.73 Å². The van der Waals surface area contributed by atoms with Crippen LogP contribution in [0.25, 0.3) is 11.1 Å². The number of likely N-dealkylation sites (N-methyl/N-ethyl adjacent to an activating group) is 1. The number of fused-ring (bicyclic) bond motifs is 3. The van der Waals surface area contributed by atoms with E-state index in [-0.39, 0.29) is 24.2 Å². The number of aliphatic hydroxyl groups is 1. The van der Waals surface area contributed by atoms with E-state index in [0.29, 0.717) is 22.4 Å². The molecule has 0 aliphatic heterocycles. The van der Waals surface area contributed by atoms with Gasteiger partial charge in [0.25, 0.3) is 0 Å². The molecule has 41 heavy (non-hydrogen) atoms. The van der Waals surface area contributed by atoms with Gasteiger partial charge in [0.05, 0.1) is 17.5 Å². The number of hydrogen-bond acceptors (Lipinski definition) is 9. The molecule has 0 bridgehead atoms. The van der Waals surface area contributed by atoms with Crippen molar-refractivity contribution in [1.82, 2.24) is 4.90 Å². The zero-order valence-corrected chi connectivity index (χ0v) is 24.0. The number of Topliss-reactive ketones (excluding diaryl/α,β-unsaturated/α-hetero) is 4. The topological polar surface area (TPSA) is 158 Å². The van der Waals surface area contributed by atoms with E-state index < -0.39 is 64.4 Å². The number of nitrogens with zero attached hydrogens (tertiary/aromatic N) is 2. The fraction of sp³-hybridized carbons (Fsp3) is 0.452. The Labute approximate surface area is 238 Å². The van der Waals surface area contributed by atoms with Gasteiger partial charge in [-0.25, -0.2) is 0 Å². The van der Waals surface area contributed by atoms with Crippen molar-refractivity contribution in [3.63, 3.8) is 0 Å². The maximum atomic E-state index is 14.2. The van der Waals surface area contributed by atoms with Crippen molar-refractivity contribution in [3.8, 4) is 16.9 Å². The smallest absolute Gasteiger partial charge is 0.235 e. The van der Waals surface area contributed by atoms with Gasteiger partial charge in [-0.2, -0.15) is 0 Å². The summed E-state index contributed by atoms with van der Waals surface area (Å²) in [6, 6.07) is 6.47. The Morgan fingerprint density at radius 3 is 2.12 bits per heavy atom. The van der Waals surface area contributed by atoms with Gasteiger partial charge in [0.1, 0.15) is 5.75 Å². The summed E-state index contributed by atoms with van der Waals surface area (Å²) in [7, 11) is 6.77. The number of hydrogen-bond donors (Lipinski definition) is 3. The molecule has 3 aliphatic rings. The van der Waals surface area contributed by atoms with E-state index in [0.717, 1.165) is 11.1 Å². The number of phenols is 1. The first-order chi connectivity index (χ1) is 19.1. The van der Waals surface area contributed by atoms with Crippen molar-refractivity contribution in [1.29, 1.82) is 0 Å². The van der Waals surface area contributed by atoms with Gasteiger partial charge in [-0.3, -0.25) is 28.9 Å². The second kappa shape index (κ2) is 9.60. The first-order valence-corrected chi connectivity index (χ1v) is 13.6. The van der Waals surface area contributed by atoms with Crippen LogP contribution < -0.4 is 10.6 Å². The van der Waals surface area contributed by atoms with Gasteiger partial charge in [0.2, 0.25) is 5.91 Å². The highest BCUT2D eigenvalue weighted by molar-refractivity contribution is 6.32. The van der Waals surface area contributed by atoms with Crippen molar-refractivity contribution >= 4 is 34.7 Å². The highest BCUT2D eigenvalue weighted by Gasteiger charge is 2.69. The maximum Gasteiger partial charge on any atom is 0.235 e. The lowest BCUT2D eigenvalue weighted by Gasteiger charge is -2.52. The molecule has 1 amide bonds. The van der Waals surface area contributed by atoms with E-state index in [9.17, 15) is 34.2 Å². The molecule has 2 aromatic carbocycles. The van der Waals surface area contributed by atoms with Crippen LogP contribution in [0.2, 0.25) is 0 Å². The van der Waals surface area contributed by atoms with Crippen molar-refractivity contribution in [2.45, 2.75) is 38.3 Å². The second-order valence-corrected chi connectivity index (χ2v) is 12.2. The van der Waals surface area contributed by atoms with E-state index in [2.05, 4.69) is 0 Å². The average Bonchev–Trinajstić information content (AvgIpc) is 2.85. The van der Waals surface area contributed by atoms with Crippen LogP contribution in [-0.2, 0) is 25.6 Å². The first-order valence-electron chi connectivity index (χ1n) is 13.6. The van der Waals surface area contributed by atoms with Gasteiger partial charge in [0.15, 0.2) is 34.7 Å². The van der Waals surface area contributed by atoms with Crippen LogP contribution in [0.1, 0.15) is 33.5 Å². The van der Waals surface area contributed by atoms with Gasteiger partial charge in [0, 0.05) is 31.3 Å². The zero-order valence-electron chi connectivity index (χ0n) is 24.0. The molecule has 0 spiro atoms. The minimum absolute atomic E-state index is 0.0103. The van der Waals surface area contributed by atoms with Crippen LogP contribution in [0.5, 0.6) is 5.75 Å². The molecule has 6 atom stereocenters. The Kier molecular flexibility index (Phi) is 6.70. The molecule has 0 aromatic heterocycles. The van der Waals surface area contributed by atoms with Crippen molar-refractivity contribution in [2.24, 2.45) is 29.4 Å². The summed E-state index contributed by atoms with van der Waals surface area (Å²) < 4.78 is 0. The molecule has 10 heteroatoms. The Morgan fingerprint density at radius 1 is 0.976 bits per heavy atom. The number of aryl methyl sites for hydroxylation is 2. The highest BCUT2D eigenvalue weighted by atomic mass is 16.3. The number of phenolic OH excluding ortho intramolecular Hbond substituents is 1. The number of primary amides is 1. The molecule has 2 unspecified atom stereocenters. The predicted octanol–water partition coefficient (Wildman–Crippen LogP) is 1.22. The standard InChI is InChI=1S/C31H35N3O7/c1-13-7-14(2)9-15(8-13)17-12-20(33(3)4)18-10-16-11-19-24(34(5)6)27(37)23(30(32)40)29(39)31(19,41)28(38)21(16)26(36)22(18)25(17)35/h7-9,12,16,19,21,23-24,35,41H,10-11H2,1-6H3,(H2,32,40)/t16-,19-,21?,23?,24-,31-/m0/s1. The molecule has 3 aliphatic carbocycles. The molecule has 5 rings (SSSR count). The molecular formula is C31H35N3O7. The fourth-order valence-corrected chi connectivity index (χ4v) is 7.40. The third-order valence-corrected chi connectivity index (χ3v) is 9.05. The first kappa shape index (κ1) is 28.6. The minimum Gasteiger partial charge on any atom is -0.507 e. The summed E-state index contributed by atoms with van der Waals surface area (Å²) in [5.41, 5.74) is 6.95. The molecule has 10 nitrogen and oxygen atoms in total. The highest BCUT2D eigenvalue weighted by Crippen LogP contribution is 2.53. The fourth-order valence-electron chi connectivity index (χ4n) is 7.40. The Balaban J connectivity index is 1.70. The molecule has 0 saturated heterocycles. The van der Waals surface area contributed by atoms with Crippen molar-refractivity contribution in [2.75, 3.05) is 33.1 Å². The van der Waals surface area contributed by atoms with Crippen LogP contribution in [0, 0.1) is 37.5 Å². The molecule has 0 radical (unpaired) electrons. The molecule has 216 valence electrons. The number of nitrogens with two attached hydrogens (primary N) is 1. The summed E-state index contributed by atoms with van der Waals surface area (Å²) in [5.74, 6) is -10.5. The average molecular weight is 562 g/mol. The van der Waals surface area contributed by atoms with Gasteiger partial charge in [-0.15, -0.1) is 0 Å². The van der Waals surface area contributed by atoms with E-state index in [1.54, 1.807) is 14.1 Å². The predicted molar refractivity (Wildman–Crippen MR) is 151 cm³/mol. The second-order valence-electron chi connectivity index (χ2n) is 12.2. The van der Waals surface area contributed by atoms with Crippen LogP contribution in [0.15, 0.2) is 24.3 Å². The minimum atomic E-state index is -2.75. The Morgan fingerprint density at radius 2 is 1.59 bits per heavy atom. The summed E-state index contributed by atoms with van der Waals surface area (Å²) in [4.78, 5) is 70.5. The monoisotopic (exact) mass is 561 g/mol. The van der Waals surface area contributed by atoms with Crippen LogP contribution in [0.4, 0.5) is 5.69 Å². The lowest BCUT2D eigenvalue weighted by Crippen LogP contribution is -2.74. The van der Waals surface area contributed by atoms with E-state index in [1.165, 1.54) is 4.90 Å². The molecular weight excluding hydrogens is 526 g/mol. The summed E-state index contributed by atoms with van der Waals surface area (Å²) in [6.45, 7) is 3.86. The Bertz CT molecular complexity index is 1520. The normalized spacial score (nSPS) is 29.2. The lowest BCUT2D eigenvalue weighted by atomic mass is 9.52. The molecule has 2 saturated carbocycles. The van der Waals surface area contributed by atoms with Crippen molar-refractivity contribution in [3.05, 3.63) is 46.5 Å². The number of carbonyl (C=O) groups is 5. The number of benzene rings is 2. The van der Waals surface area contributed by atoms with Gasteiger partial charge in [-0.1, -0.05) is 29.3 Å². The maximum absolute atomic E-state index is 14.2. The summed E-state index contributed by atoms with van der Waals surface area (Å²) >= 11 is 0. The zero-order chi connectivity index (χ0) is 30.3. The number of anilines is 1. The molecule has 2 aromatic rings. The number of aromatic hydroxyl groups is 1. The quantitative estimate of drug-likeness (QED) is 0.467. The number of rotatable bonds is 4. The van der Waals surface area contributed by atoms with Crippen molar-refractivity contribution < 1.29 is 34.2 Å². The third kappa shape index (κ3) is 4.03. The summed E-state index contributed by atoms with van der Waals surface area (Å²) in [6.07, 6.45) is 0.219. The molecule has 4 N–H and O–H groups in total. The largest absolute Gasteiger partial charge is 0.507 e. The van der Waals surface area contributed by atoms with Crippen LogP contribution >= 0.6 is 0 Å². The van der Waals surface area contributed by atoms with Gasteiger partial charge < -0.3 is 20.8 Å². The van der Waals surface area contributed by atoms with Crippen LogP contribution in [0.3, 0.4) is 0 Å². The molecule has 0 heterocycles. The molecule has 2 fully saturated rings.